The van der Waals surface area contributed by atoms with E-state index in [0.717, 1.165) is 43.6 Å². The van der Waals surface area contributed by atoms with Gasteiger partial charge in [-0.2, -0.15) is 0 Å². The molecule has 114 valence electrons. The van der Waals surface area contributed by atoms with Gasteiger partial charge in [-0.15, -0.1) is 0 Å². The number of ether oxygens (including phenoxy) is 3. The number of benzene rings is 1. The van der Waals surface area contributed by atoms with Crippen molar-refractivity contribution in [1.82, 2.24) is 0 Å². The van der Waals surface area contributed by atoms with E-state index >= 15 is 0 Å². The van der Waals surface area contributed by atoms with E-state index in [9.17, 15) is 4.79 Å². The zero-order chi connectivity index (χ0) is 14.9. The summed E-state index contributed by atoms with van der Waals surface area (Å²) in [6, 6.07) is 6.17. The molecule has 2 fully saturated rings. The molecule has 0 aromatic heterocycles. The molecule has 0 spiro atoms. The van der Waals surface area contributed by atoms with Crippen LogP contribution in [0.4, 0.5) is 0 Å². The second-order valence-corrected chi connectivity index (χ2v) is 5.86. The Morgan fingerprint density at radius 1 is 1.43 bits per heavy atom. The van der Waals surface area contributed by atoms with Gasteiger partial charge in [-0.3, -0.25) is 4.79 Å². The predicted molar refractivity (Wildman–Crippen MR) is 78.6 cm³/mol. The first-order valence-electron chi connectivity index (χ1n) is 7.66. The maximum absolute atomic E-state index is 12.2. The Kier molecular flexibility index (Phi) is 3.89. The highest BCUT2D eigenvalue weighted by Crippen LogP contribution is 2.52. The molecule has 0 N–H and O–H groups in total. The number of carbonyl (C=O) groups is 1. The molecule has 1 aromatic carbocycles. The van der Waals surface area contributed by atoms with Crippen LogP contribution < -0.4 is 4.74 Å². The molecule has 0 bridgehead atoms. The highest BCUT2D eigenvalue weighted by Gasteiger charge is 2.54. The van der Waals surface area contributed by atoms with Crippen LogP contribution in [0.3, 0.4) is 0 Å². The largest absolute Gasteiger partial charge is 0.488 e. The minimum absolute atomic E-state index is 0.0877. The van der Waals surface area contributed by atoms with Gasteiger partial charge in [-0.05, 0) is 30.9 Å². The Hall–Kier alpha value is -1.55. The normalized spacial score (nSPS) is 22.9. The van der Waals surface area contributed by atoms with Crippen LogP contribution in [-0.4, -0.2) is 32.4 Å². The number of methoxy groups -OCH3 is 1. The van der Waals surface area contributed by atoms with E-state index in [1.165, 1.54) is 12.7 Å². The van der Waals surface area contributed by atoms with Gasteiger partial charge in [0.25, 0.3) is 0 Å². The van der Waals surface area contributed by atoms with Gasteiger partial charge in [0.15, 0.2) is 0 Å². The smallest absolute Gasteiger partial charge is 0.316 e. The molecule has 2 aliphatic rings. The topological polar surface area (TPSA) is 44.8 Å². The number of hydrogen-bond donors (Lipinski definition) is 0. The molecular formula is C17H22O4. The molecule has 3 rings (SSSR count). The Labute approximate surface area is 125 Å². The van der Waals surface area contributed by atoms with Crippen LogP contribution >= 0.6 is 0 Å². The van der Waals surface area contributed by atoms with Crippen LogP contribution in [0.25, 0.3) is 0 Å². The molecule has 0 radical (unpaired) electrons. The van der Waals surface area contributed by atoms with E-state index in [2.05, 4.69) is 19.1 Å². The molecule has 1 aromatic rings. The molecule has 0 amide bonds. The second-order valence-electron chi connectivity index (χ2n) is 5.86. The van der Waals surface area contributed by atoms with E-state index in [0.29, 0.717) is 6.61 Å². The van der Waals surface area contributed by atoms with Gasteiger partial charge >= 0.3 is 5.97 Å². The van der Waals surface area contributed by atoms with Crippen LogP contribution in [0.5, 0.6) is 5.75 Å². The Morgan fingerprint density at radius 2 is 2.24 bits per heavy atom. The average Bonchev–Trinajstić information content (AvgIpc) is 3.17. The lowest BCUT2D eigenvalue weighted by Crippen LogP contribution is -2.25. The third-order valence-electron chi connectivity index (χ3n) is 4.48. The molecular weight excluding hydrogens is 268 g/mol. The first kappa shape index (κ1) is 14.4. The minimum Gasteiger partial charge on any atom is -0.488 e. The number of rotatable bonds is 5. The standard InChI is InChI=1S/C17H22O4/c1-3-12-4-5-15(21-13-6-9-20-11-13)14(10-12)17(7-8-17)16(18)19-2/h4-5,10,13H,3,6-9,11H2,1-2H3/t13-/m1/s1. The second kappa shape index (κ2) is 5.68. The predicted octanol–water partition coefficient (Wildman–Crippen LogP) is 2.62. The van der Waals surface area contributed by atoms with Gasteiger partial charge in [0, 0.05) is 12.0 Å². The van der Waals surface area contributed by atoms with Crippen molar-refractivity contribution >= 4 is 5.97 Å². The van der Waals surface area contributed by atoms with Crippen molar-refractivity contribution in [3.8, 4) is 5.75 Å². The Balaban J connectivity index is 1.93. The summed E-state index contributed by atoms with van der Waals surface area (Å²) in [6.45, 7) is 3.48. The van der Waals surface area contributed by atoms with Crippen LogP contribution in [0.1, 0.15) is 37.3 Å². The lowest BCUT2D eigenvalue weighted by Gasteiger charge is -2.21. The van der Waals surface area contributed by atoms with Crippen molar-refractivity contribution in [2.24, 2.45) is 0 Å². The molecule has 21 heavy (non-hydrogen) atoms. The summed E-state index contributed by atoms with van der Waals surface area (Å²) in [4.78, 5) is 12.2. The van der Waals surface area contributed by atoms with Crippen LogP contribution in [0, 0.1) is 0 Å². The van der Waals surface area contributed by atoms with E-state index in [1.807, 2.05) is 6.07 Å². The molecule has 1 atom stereocenters. The van der Waals surface area contributed by atoms with Gasteiger partial charge in [-0.25, -0.2) is 0 Å². The third-order valence-corrected chi connectivity index (χ3v) is 4.48. The summed E-state index contributed by atoms with van der Waals surface area (Å²) in [6.07, 6.45) is 3.61. The van der Waals surface area contributed by atoms with Gasteiger partial charge < -0.3 is 14.2 Å². The lowest BCUT2D eigenvalue weighted by molar-refractivity contribution is -0.143. The van der Waals surface area contributed by atoms with Gasteiger partial charge in [-0.1, -0.05) is 19.1 Å². The number of esters is 1. The zero-order valence-electron chi connectivity index (χ0n) is 12.7. The summed E-state index contributed by atoms with van der Waals surface area (Å²) in [7, 11) is 1.46. The van der Waals surface area contributed by atoms with E-state index < -0.39 is 5.41 Å². The van der Waals surface area contributed by atoms with Crippen molar-refractivity contribution in [1.29, 1.82) is 0 Å². The first-order valence-corrected chi connectivity index (χ1v) is 7.66. The quantitative estimate of drug-likeness (QED) is 0.782. The van der Waals surface area contributed by atoms with Crippen molar-refractivity contribution in [2.75, 3.05) is 20.3 Å². The van der Waals surface area contributed by atoms with Gasteiger partial charge in [0.2, 0.25) is 0 Å². The molecule has 1 aliphatic carbocycles. The fourth-order valence-corrected chi connectivity index (χ4v) is 2.96. The summed E-state index contributed by atoms with van der Waals surface area (Å²) >= 11 is 0. The fraction of sp³-hybridized carbons (Fsp3) is 0.588. The molecule has 0 unspecified atom stereocenters. The average molecular weight is 290 g/mol. The summed E-state index contributed by atoms with van der Waals surface area (Å²) in [5, 5.41) is 0. The van der Waals surface area contributed by atoms with Crippen LogP contribution in [-0.2, 0) is 26.1 Å². The van der Waals surface area contributed by atoms with E-state index in [4.69, 9.17) is 14.2 Å². The van der Waals surface area contributed by atoms with E-state index in [-0.39, 0.29) is 12.1 Å². The Morgan fingerprint density at radius 3 is 2.81 bits per heavy atom. The maximum atomic E-state index is 12.2. The fourth-order valence-electron chi connectivity index (χ4n) is 2.96. The number of hydrogen-bond acceptors (Lipinski definition) is 4. The highest BCUT2D eigenvalue weighted by molar-refractivity contribution is 5.87. The van der Waals surface area contributed by atoms with Crippen molar-refractivity contribution in [2.45, 2.75) is 44.1 Å². The van der Waals surface area contributed by atoms with Crippen molar-refractivity contribution in [3.63, 3.8) is 0 Å². The molecule has 1 heterocycles. The van der Waals surface area contributed by atoms with Crippen LogP contribution in [0.2, 0.25) is 0 Å². The zero-order valence-corrected chi connectivity index (χ0v) is 12.7. The van der Waals surface area contributed by atoms with Gasteiger partial charge in [0.05, 0.1) is 25.7 Å². The number of aryl methyl sites for hydroxylation is 1. The summed E-state index contributed by atoms with van der Waals surface area (Å²) < 4.78 is 16.5. The SMILES string of the molecule is CCc1ccc(O[C@@H]2CCOC2)c(C2(C(=O)OC)CC2)c1. The molecule has 4 heteroatoms. The van der Waals surface area contributed by atoms with Gasteiger partial charge in [0.1, 0.15) is 11.9 Å². The molecule has 1 saturated carbocycles. The van der Waals surface area contributed by atoms with Crippen molar-refractivity contribution in [3.05, 3.63) is 29.3 Å². The molecule has 1 saturated heterocycles. The lowest BCUT2D eigenvalue weighted by atomic mass is 9.92. The third kappa shape index (κ3) is 2.64. The van der Waals surface area contributed by atoms with Crippen LogP contribution in [0.15, 0.2) is 18.2 Å². The summed E-state index contributed by atoms with van der Waals surface area (Å²) in [5.41, 5.74) is 1.71. The monoisotopic (exact) mass is 290 g/mol. The first-order chi connectivity index (χ1) is 10.2. The highest BCUT2D eigenvalue weighted by atomic mass is 16.5. The number of carbonyl (C=O) groups excluding carboxylic acids is 1. The summed E-state index contributed by atoms with van der Waals surface area (Å²) in [5.74, 6) is 0.661. The van der Waals surface area contributed by atoms with E-state index in [1.54, 1.807) is 0 Å². The molecule has 4 nitrogen and oxygen atoms in total. The maximum Gasteiger partial charge on any atom is 0.316 e. The minimum atomic E-state index is -0.491. The Bertz CT molecular complexity index is 528. The molecule has 1 aliphatic heterocycles. The van der Waals surface area contributed by atoms with Crippen molar-refractivity contribution < 1.29 is 19.0 Å².